The monoisotopic (exact) mass is 288 g/mol. The molecule has 0 spiro atoms. The summed E-state index contributed by atoms with van der Waals surface area (Å²) >= 11 is 0. The lowest BCUT2D eigenvalue weighted by Crippen LogP contribution is -2.28. The van der Waals surface area contributed by atoms with Gasteiger partial charge in [-0.1, -0.05) is 12.2 Å². The van der Waals surface area contributed by atoms with Crippen LogP contribution in [0.4, 0.5) is 5.69 Å². The molecule has 0 radical (unpaired) electrons. The van der Waals surface area contributed by atoms with E-state index >= 15 is 0 Å². The predicted molar refractivity (Wildman–Crippen MR) is 81.4 cm³/mol. The highest BCUT2D eigenvalue weighted by Crippen LogP contribution is 2.23. The summed E-state index contributed by atoms with van der Waals surface area (Å²) in [6, 6.07) is 5.33. The van der Waals surface area contributed by atoms with Gasteiger partial charge in [-0.05, 0) is 37.1 Å². The van der Waals surface area contributed by atoms with Crippen molar-refractivity contribution in [2.45, 2.75) is 19.8 Å². The number of carbonyl (C=O) groups excluding carboxylic acids is 2. The van der Waals surface area contributed by atoms with Gasteiger partial charge >= 0.3 is 0 Å². The highest BCUT2D eigenvalue weighted by molar-refractivity contribution is 5.97. The van der Waals surface area contributed by atoms with Crippen LogP contribution in [0.5, 0.6) is 0 Å². The van der Waals surface area contributed by atoms with Crippen molar-refractivity contribution in [1.82, 2.24) is 5.32 Å². The molecule has 0 saturated heterocycles. The van der Waals surface area contributed by atoms with Gasteiger partial charge in [0.1, 0.15) is 0 Å². The molecule has 0 atom stereocenters. The van der Waals surface area contributed by atoms with Crippen molar-refractivity contribution in [2.75, 3.05) is 25.1 Å². The second kappa shape index (κ2) is 7.04. The summed E-state index contributed by atoms with van der Waals surface area (Å²) in [6.07, 6.45) is 1.14. The molecule has 0 aromatic heterocycles. The third kappa shape index (κ3) is 4.43. The van der Waals surface area contributed by atoms with Gasteiger partial charge in [0.15, 0.2) is 0 Å². The van der Waals surface area contributed by atoms with Gasteiger partial charge < -0.3 is 15.4 Å². The van der Waals surface area contributed by atoms with Gasteiger partial charge in [-0.3, -0.25) is 9.59 Å². The number of benzene rings is 1. The number of hydrogen-bond donors (Lipinski definition) is 2. The number of carbonyl (C=O) groups is 2. The summed E-state index contributed by atoms with van der Waals surface area (Å²) < 4.78 is 5.32. The summed E-state index contributed by atoms with van der Waals surface area (Å²) in [5, 5.41) is 5.60. The maximum absolute atomic E-state index is 12.0. The van der Waals surface area contributed by atoms with E-state index in [0.29, 0.717) is 38.2 Å². The average Bonchev–Trinajstić information content (AvgIpc) is 2.45. The Balaban J connectivity index is 1.85. The number of rotatable bonds is 6. The Kier molecular flexibility index (Phi) is 5.11. The first kappa shape index (κ1) is 15.3. The average molecular weight is 288 g/mol. The van der Waals surface area contributed by atoms with Crippen LogP contribution in [0.2, 0.25) is 0 Å². The summed E-state index contributed by atoms with van der Waals surface area (Å²) in [7, 11) is 0. The highest BCUT2D eigenvalue weighted by Gasteiger charge is 2.16. The second-order valence-electron chi connectivity index (χ2n) is 5.19. The first-order valence-corrected chi connectivity index (χ1v) is 6.99. The van der Waals surface area contributed by atoms with E-state index in [0.717, 1.165) is 16.8 Å². The van der Waals surface area contributed by atoms with Crippen molar-refractivity contribution in [2.24, 2.45) is 0 Å². The van der Waals surface area contributed by atoms with E-state index < -0.39 is 0 Å². The fraction of sp³-hybridized carbons (Fsp3) is 0.375. The van der Waals surface area contributed by atoms with Gasteiger partial charge in [-0.2, -0.15) is 0 Å². The lowest BCUT2D eigenvalue weighted by Gasteiger charge is -2.17. The SMILES string of the molecule is C=C(C)COCCNC(=O)c1ccc2c(c1)CCC(=O)N2. The van der Waals surface area contributed by atoms with Gasteiger partial charge in [0.05, 0.1) is 13.2 Å². The van der Waals surface area contributed by atoms with E-state index in [9.17, 15) is 9.59 Å². The highest BCUT2D eigenvalue weighted by atomic mass is 16.5. The molecule has 1 aromatic carbocycles. The van der Waals surface area contributed by atoms with E-state index in [1.165, 1.54) is 0 Å². The van der Waals surface area contributed by atoms with Crippen LogP contribution >= 0.6 is 0 Å². The zero-order valence-electron chi connectivity index (χ0n) is 12.2. The van der Waals surface area contributed by atoms with E-state index in [1.54, 1.807) is 12.1 Å². The van der Waals surface area contributed by atoms with Crippen molar-refractivity contribution in [3.05, 3.63) is 41.5 Å². The minimum atomic E-state index is -0.131. The van der Waals surface area contributed by atoms with Crippen LogP contribution in [0.1, 0.15) is 29.3 Å². The Labute approximate surface area is 124 Å². The second-order valence-corrected chi connectivity index (χ2v) is 5.19. The topological polar surface area (TPSA) is 67.4 Å². The molecule has 1 heterocycles. The van der Waals surface area contributed by atoms with E-state index in [4.69, 9.17) is 4.74 Å². The number of nitrogens with one attached hydrogen (secondary N) is 2. The third-order valence-electron chi connectivity index (χ3n) is 3.14. The zero-order valence-corrected chi connectivity index (χ0v) is 12.2. The number of anilines is 1. The molecule has 5 nitrogen and oxygen atoms in total. The van der Waals surface area contributed by atoms with Crippen LogP contribution in [-0.4, -0.2) is 31.6 Å². The number of amides is 2. The standard InChI is InChI=1S/C16H20N2O3/c1-11(2)10-21-8-7-17-16(20)13-3-5-14-12(9-13)4-6-15(19)18-14/h3,5,9H,1,4,6-8,10H2,2H3,(H,17,20)(H,18,19). The minimum absolute atomic E-state index is 0.0226. The lowest BCUT2D eigenvalue weighted by molar-refractivity contribution is -0.116. The van der Waals surface area contributed by atoms with E-state index in [-0.39, 0.29) is 11.8 Å². The van der Waals surface area contributed by atoms with Crippen molar-refractivity contribution in [3.63, 3.8) is 0 Å². The molecule has 1 aromatic rings. The fourth-order valence-electron chi connectivity index (χ4n) is 2.11. The predicted octanol–water partition coefficient (Wildman–Crippen LogP) is 1.89. The van der Waals surface area contributed by atoms with Crippen LogP contribution in [0, 0.1) is 0 Å². The molecule has 1 aliphatic heterocycles. The summed E-state index contributed by atoms with van der Waals surface area (Å²) in [4.78, 5) is 23.3. The Hall–Kier alpha value is -2.14. The van der Waals surface area contributed by atoms with Crippen LogP contribution in [0.25, 0.3) is 0 Å². The van der Waals surface area contributed by atoms with Crippen molar-refractivity contribution < 1.29 is 14.3 Å². The molecule has 21 heavy (non-hydrogen) atoms. The number of hydrogen-bond acceptors (Lipinski definition) is 3. The minimum Gasteiger partial charge on any atom is -0.375 e. The van der Waals surface area contributed by atoms with Crippen LogP contribution < -0.4 is 10.6 Å². The zero-order chi connectivity index (χ0) is 15.2. The smallest absolute Gasteiger partial charge is 0.251 e. The molecule has 2 N–H and O–H groups in total. The fourth-order valence-corrected chi connectivity index (χ4v) is 2.11. The largest absolute Gasteiger partial charge is 0.375 e. The quantitative estimate of drug-likeness (QED) is 0.620. The first-order chi connectivity index (χ1) is 10.1. The molecule has 0 unspecified atom stereocenters. The van der Waals surface area contributed by atoms with Crippen LogP contribution in [0.15, 0.2) is 30.4 Å². The number of ether oxygens (including phenoxy) is 1. The molecule has 112 valence electrons. The summed E-state index contributed by atoms with van der Waals surface area (Å²) in [6.45, 7) is 7.06. The van der Waals surface area contributed by atoms with Gasteiger partial charge in [0.2, 0.25) is 5.91 Å². The first-order valence-electron chi connectivity index (χ1n) is 6.99. The van der Waals surface area contributed by atoms with Crippen LogP contribution in [0.3, 0.4) is 0 Å². The molecular weight excluding hydrogens is 268 g/mol. The maximum atomic E-state index is 12.0. The Morgan fingerprint density at radius 3 is 3.00 bits per heavy atom. The molecule has 2 rings (SSSR count). The third-order valence-corrected chi connectivity index (χ3v) is 3.14. The molecule has 5 heteroatoms. The summed E-state index contributed by atoms with van der Waals surface area (Å²) in [5.74, 6) is -0.108. The number of fused-ring (bicyclic) bond motifs is 1. The Morgan fingerprint density at radius 1 is 1.43 bits per heavy atom. The normalized spacial score (nSPS) is 13.3. The molecule has 0 aliphatic carbocycles. The van der Waals surface area contributed by atoms with Gasteiger partial charge in [-0.25, -0.2) is 0 Å². The van der Waals surface area contributed by atoms with Crippen LogP contribution in [-0.2, 0) is 16.0 Å². The van der Waals surface area contributed by atoms with E-state index in [1.807, 2.05) is 13.0 Å². The molecule has 0 bridgehead atoms. The van der Waals surface area contributed by atoms with Crippen molar-refractivity contribution in [3.8, 4) is 0 Å². The molecular formula is C16H20N2O3. The molecule has 0 saturated carbocycles. The summed E-state index contributed by atoms with van der Waals surface area (Å²) in [5.41, 5.74) is 3.36. The van der Waals surface area contributed by atoms with Crippen molar-refractivity contribution in [1.29, 1.82) is 0 Å². The Morgan fingerprint density at radius 2 is 2.24 bits per heavy atom. The van der Waals surface area contributed by atoms with Gasteiger partial charge in [-0.15, -0.1) is 0 Å². The van der Waals surface area contributed by atoms with Gasteiger partial charge in [0.25, 0.3) is 5.91 Å². The molecule has 2 amide bonds. The lowest BCUT2D eigenvalue weighted by atomic mass is 10.00. The Bertz CT molecular complexity index is 567. The van der Waals surface area contributed by atoms with Gasteiger partial charge in [0, 0.05) is 24.2 Å². The number of aryl methyl sites for hydroxylation is 1. The maximum Gasteiger partial charge on any atom is 0.251 e. The van der Waals surface area contributed by atoms with E-state index in [2.05, 4.69) is 17.2 Å². The van der Waals surface area contributed by atoms with Crippen molar-refractivity contribution >= 4 is 17.5 Å². The molecule has 0 fully saturated rings. The molecule has 1 aliphatic rings.